The van der Waals surface area contributed by atoms with Crippen LogP contribution in [0.15, 0.2) is 36.5 Å². The second-order valence-electron chi connectivity index (χ2n) is 5.12. The zero-order valence-corrected chi connectivity index (χ0v) is 12.5. The Morgan fingerprint density at radius 3 is 2.76 bits per heavy atom. The number of carbonyl (C=O) groups excluding carboxylic acids is 1. The molecular weight excluding hydrogens is 264 g/mol. The average molecular weight is 286 g/mol. The van der Waals surface area contributed by atoms with Crippen molar-refractivity contribution in [2.75, 3.05) is 5.32 Å². The molecule has 2 rings (SSSR count). The second kappa shape index (κ2) is 7.04. The molecule has 0 aliphatic heterocycles. The van der Waals surface area contributed by atoms with Gasteiger partial charge in [-0.3, -0.25) is 9.48 Å². The van der Waals surface area contributed by atoms with Gasteiger partial charge in [-0.05, 0) is 18.4 Å². The van der Waals surface area contributed by atoms with Gasteiger partial charge in [-0.15, -0.1) is 0 Å². The lowest BCUT2D eigenvalue weighted by Gasteiger charge is -2.11. The highest BCUT2D eigenvalue weighted by Gasteiger charge is 2.12. The van der Waals surface area contributed by atoms with Crippen LogP contribution in [0.1, 0.15) is 37.1 Å². The zero-order valence-electron chi connectivity index (χ0n) is 12.5. The summed E-state index contributed by atoms with van der Waals surface area (Å²) in [5.41, 5.74) is 8.85. The number of aryl methyl sites for hydroxylation is 2. The first-order valence-electron chi connectivity index (χ1n) is 7.23. The summed E-state index contributed by atoms with van der Waals surface area (Å²) in [6.45, 7) is 2.02. The molecule has 0 saturated carbocycles. The van der Waals surface area contributed by atoms with Crippen molar-refractivity contribution >= 4 is 11.6 Å². The fourth-order valence-corrected chi connectivity index (χ4v) is 2.27. The van der Waals surface area contributed by atoms with E-state index in [1.807, 2.05) is 50.5 Å². The van der Waals surface area contributed by atoms with Gasteiger partial charge in [0.1, 0.15) is 0 Å². The maximum absolute atomic E-state index is 12.0. The molecule has 21 heavy (non-hydrogen) atoms. The number of hydrogen-bond acceptors (Lipinski definition) is 3. The van der Waals surface area contributed by atoms with Crippen LogP contribution in [0.3, 0.4) is 0 Å². The molecule has 0 spiro atoms. The second-order valence-corrected chi connectivity index (χ2v) is 5.12. The molecule has 0 aliphatic rings. The molecule has 3 N–H and O–H groups in total. The van der Waals surface area contributed by atoms with E-state index in [1.165, 1.54) is 0 Å². The van der Waals surface area contributed by atoms with Crippen molar-refractivity contribution in [2.45, 2.75) is 32.2 Å². The Morgan fingerprint density at radius 2 is 2.10 bits per heavy atom. The summed E-state index contributed by atoms with van der Waals surface area (Å²) in [4.78, 5) is 12.0. The Bertz CT molecular complexity index is 592. The number of amides is 1. The minimum atomic E-state index is -0.114. The van der Waals surface area contributed by atoms with Crippen molar-refractivity contribution in [3.8, 4) is 0 Å². The van der Waals surface area contributed by atoms with Crippen LogP contribution in [0, 0.1) is 0 Å². The molecule has 5 nitrogen and oxygen atoms in total. The molecule has 1 heterocycles. The van der Waals surface area contributed by atoms with Crippen molar-refractivity contribution in [1.82, 2.24) is 9.78 Å². The van der Waals surface area contributed by atoms with Crippen LogP contribution in [0.25, 0.3) is 0 Å². The zero-order chi connectivity index (χ0) is 15.2. The molecule has 0 fully saturated rings. The molecule has 1 unspecified atom stereocenters. The molecule has 112 valence electrons. The third kappa shape index (κ3) is 4.16. The number of nitrogens with two attached hydrogens (primary N) is 1. The molecule has 1 amide bonds. The number of nitrogens with one attached hydrogen (secondary N) is 1. The summed E-state index contributed by atoms with van der Waals surface area (Å²) >= 11 is 0. The van der Waals surface area contributed by atoms with Crippen LogP contribution in [-0.4, -0.2) is 15.7 Å². The molecule has 2 aromatic rings. The van der Waals surface area contributed by atoms with Crippen molar-refractivity contribution in [3.05, 3.63) is 47.8 Å². The van der Waals surface area contributed by atoms with Crippen LogP contribution in [-0.2, 0) is 18.3 Å². The van der Waals surface area contributed by atoms with Crippen LogP contribution >= 0.6 is 0 Å². The number of hydrogen-bond donors (Lipinski definition) is 2. The van der Waals surface area contributed by atoms with Crippen LogP contribution < -0.4 is 11.1 Å². The number of aromatic nitrogens is 2. The number of nitrogens with zero attached hydrogens (tertiary/aromatic N) is 2. The lowest BCUT2D eigenvalue weighted by atomic mass is 10.0. The highest BCUT2D eigenvalue weighted by molar-refractivity contribution is 5.91. The van der Waals surface area contributed by atoms with Crippen molar-refractivity contribution < 1.29 is 4.79 Å². The molecule has 5 heteroatoms. The van der Waals surface area contributed by atoms with E-state index < -0.39 is 0 Å². The smallest absolute Gasteiger partial charge is 0.224 e. The summed E-state index contributed by atoms with van der Waals surface area (Å²) in [6.07, 6.45) is 3.64. The number of rotatable bonds is 6. The van der Waals surface area contributed by atoms with Gasteiger partial charge in [0.05, 0.1) is 11.4 Å². The lowest BCUT2D eigenvalue weighted by Crippen LogP contribution is -2.17. The minimum Gasteiger partial charge on any atom is -0.324 e. The highest BCUT2D eigenvalue weighted by atomic mass is 16.1. The van der Waals surface area contributed by atoms with E-state index in [-0.39, 0.29) is 11.9 Å². The molecule has 0 radical (unpaired) electrons. The maximum Gasteiger partial charge on any atom is 0.224 e. The monoisotopic (exact) mass is 286 g/mol. The lowest BCUT2D eigenvalue weighted by molar-refractivity contribution is -0.116. The predicted molar refractivity (Wildman–Crippen MR) is 83.8 cm³/mol. The van der Waals surface area contributed by atoms with Gasteiger partial charge in [-0.1, -0.05) is 37.3 Å². The fourth-order valence-electron chi connectivity index (χ4n) is 2.27. The third-order valence-electron chi connectivity index (χ3n) is 3.42. The van der Waals surface area contributed by atoms with Gasteiger partial charge in [-0.25, -0.2) is 0 Å². The van der Waals surface area contributed by atoms with E-state index in [2.05, 4.69) is 10.4 Å². The van der Waals surface area contributed by atoms with Gasteiger partial charge < -0.3 is 11.1 Å². The normalized spacial score (nSPS) is 12.1. The highest BCUT2D eigenvalue weighted by Crippen LogP contribution is 2.17. The first-order chi connectivity index (χ1) is 10.1. The Labute approximate surface area is 125 Å². The van der Waals surface area contributed by atoms with Crippen LogP contribution in [0.4, 0.5) is 5.69 Å². The number of anilines is 1. The van der Waals surface area contributed by atoms with Crippen LogP contribution in [0.5, 0.6) is 0 Å². The molecule has 1 atom stereocenters. The predicted octanol–water partition coefficient (Wildman–Crippen LogP) is 2.40. The Kier molecular flexibility index (Phi) is 5.11. The molecule has 0 aliphatic carbocycles. The number of carbonyl (C=O) groups is 1. The molecule has 1 aromatic carbocycles. The quantitative estimate of drug-likeness (QED) is 0.856. The van der Waals surface area contributed by atoms with Gasteiger partial charge >= 0.3 is 0 Å². The molecule has 0 bridgehead atoms. The van der Waals surface area contributed by atoms with Gasteiger partial charge in [0.2, 0.25) is 5.91 Å². The SMILES string of the molecule is CCc1nn(C)cc1NC(=O)CCC(N)c1ccccc1. The molecule has 1 aromatic heterocycles. The third-order valence-corrected chi connectivity index (χ3v) is 3.42. The molecule has 0 saturated heterocycles. The minimum absolute atomic E-state index is 0.0240. The summed E-state index contributed by atoms with van der Waals surface area (Å²) < 4.78 is 1.71. The first kappa shape index (κ1) is 15.3. The van der Waals surface area contributed by atoms with Crippen molar-refractivity contribution in [1.29, 1.82) is 0 Å². The largest absolute Gasteiger partial charge is 0.324 e. The van der Waals surface area contributed by atoms with Gasteiger partial charge in [0, 0.05) is 25.7 Å². The van der Waals surface area contributed by atoms with Crippen LogP contribution in [0.2, 0.25) is 0 Å². The van der Waals surface area contributed by atoms with Gasteiger partial charge in [-0.2, -0.15) is 5.10 Å². The Balaban J connectivity index is 1.87. The fraction of sp³-hybridized carbons (Fsp3) is 0.375. The van der Waals surface area contributed by atoms with Crippen molar-refractivity contribution in [3.63, 3.8) is 0 Å². The Hall–Kier alpha value is -2.14. The van der Waals surface area contributed by atoms with E-state index in [0.717, 1.165) is 23.4 Å². The van der Waals surface area contributed by atoms with E-state index in [0.29, 0.717) is 12.8 Å². The van der Waals surface area contributed by atoms with Gasteiger partial charge in [0.25, 0.3) is 0 Å². The average Bonchev–Trinajstić information content (AvgIpc) is 2.85. The summed E-state index contributed by atoms with van der Waals surface area (Å²) in [5, 5.41) is 7.21. The van der Waals surface area contributed by atoms with E-state index in [4.69, 9.17) is 5.73 Å². The Morgan fingerprint density at radius 1 is 1.38 bits per heavy atom. The topological polar surface area (TPSA) is 72.9 Å². The summed E-state index contributed by atoms with van der Waals surface area (Å²) in [6, 6.07) is 9.73. The molecular formula is C16H22N4O. The van der Waals surface area contributed by atoms with Crippen molar-refractivity contribution in [2.24, 2.45) is 12.8 Å². The van der Waals surface area contributed by atoms with Gasteiger partial charge in [0.15, 0.2) is 0 Å². The van der Waals surface area contributed by atoms with E-state index >= 15 is 0 Å². The standard InChI is InChI=1S/C16H22N4O/c1-3-14-15(11-20(2)19-14)18-16(21)10-9-13(17)12-7-5-4-6-8-12/h4-8,11,13H,3,9-10,17H2,1-2H3,(H,18,21). The first-order valence-corrected chi connectivity index (χ1v) is 7.23. The summed E-state index contributed by atoms with van der Waals surface area (Å²) in [5.74, 6) is -0.0240. The number of benzene rings is 1. The maximum atomic E-state index is 12.0. The summed E-state index contributed by atoms with van der Waals surface area (Å²) in [7, 11) is 1.85. The van der Waals surface area contributed by atoms with E-state index in [9.17, 15) is 4.79 Å². The van der Waals surface area contributed by atoms with E-state index in [1.54, 1.807) is 4.68 Å².